The van der Waals surface area contributed by atoms with Crippen LogP contribution in [0, 0.1) is 5.82 Å². The molecule has 3 nitrogen and oxygen atoms in total. The van der Waals surface area contributed by atoms with Gasteiger partial charge in [-0.15, -0.1) is 0 Å². The largest absolute Gasteiger partial charge is 0.361 e. The Hall–Kier alpha value is -2.62. The summed E-state index contributed by atoms with van der Waals surface area (Å²) in [6.07, 6.45) is 1.84. The molecule has 0 aliphatic carbocycles. The first-order chi connectivity index (χ1) is 9.22. The maximum Gasteiger partial charge on any atom is 0.255 e. The van der Waals surface area contributed by atoms with E-state index in [2.05, 4.69) is 10.3 Å². The predicted octanol–water partition coefficient (Wildman–Crippen LogP) is 3.56. The number of anilines is 1. The van der Waals surface area contributed by atoms with Gasteiger partial charge in [-0.25, -0.2) is 4.39 Å². The second kappa shape index (κ2) is 4.57. The highest BCUT2D eigenvalue weighted by Gasteiger charge is 2.07. The van der Waals surface area contributed by atoms with Gasteiger partial charge in [-0.1, -0.05) is 12.1 Å². The van der Waals surface area contributed by atoms with Crippen molar-refractivity contribution >= 4 is 22.5 Å². The molecule has 19 heavy (non-hydrogen) atoms. The number of benzene rings is 2. The topological polar surface area (TPSA) is 44.9 Å². The van der Waals surface area contributed by atoms with Crippen LogP contribution in [-0.4, -0.2) is 10.9 Å². The van der Waals surface area contributed by atoms with Gasteiger partial charge in [-0.2, -0.15) is 0 Å². The Balaban J connectivity index is 1.86. The van der Waals surface area contributed by atoms with E-state index in [0.717, 1.165) is 10.9 Å². The van der Waals surface area contributed by atoms with E-state index in [-0.39, 0.29) is 5.91 Å². The number of nitrogens with one attached hydrogen (secondary N) is 2. The number of carbonyl (C=O) groups excluding carboxylic acids is 1. The Labute approximate surface area is 109 Å². The molecule has 0 fully saturated rings. The summed E-state index contributed by atoms with van der Waals surface area (Å²) in [5.74, 6) is -0.752. The van der Waals surface area contributed by atoms with Gasteiger partial charge in [-0.05, 0) is 41.8 Å². The van der Waals surface area contributed by atoms with Gasteiger partial charge in [0.1, 0.15) is 5.82 Å². The van der Waals surface area contributed by atoms with Crippen LogP contribution in [-0.2, 0) is 0 Å². The maximum absolute atomic E-state index is 13.0. The van der Waals surface area contributed by atoms with E-state index >= 15 is 0 Å². The average Bonchev–Trinajstić information content (AvgIpc) is 2.86. The van der Waals surface area contributed by atoms with Gasteiger partial charge in [0.2, 0.25) is 0 Å². The fourth-order valence-corrected chi connectivity index (χ4v) is 1.96. The quantitative estimate of drug-likeness (QED) is 0.721. The molecular weight excluding hydrogens is 243 g/mol. The summed E-state index contributed by atoms with van der Waals surface area (Å²) in [6, 6.07) is 13.1. The summed E-state index contributed by atoms with van der Waals surface area (Å²) in [7, 11) is 0. The molecule has 0 saturated carbocycles. The van der Waals surface area contributed by atoms with Crippen molar-refractivity contribution in [2.24, 2.45) is 0 Å². The van der Waals surface area contributed by atoms with Gasteiger partial charge >= 0.3 is 0 Å². The monoisotopic (exact) mass is 254 g/mol. The highest BCUT2D eigenvalue weighted by molar-refractivity contribution is 6.05. The van der Waals surface area contributed by atoms with Crippen molar-refractivity contribution in [2.45, 2.75) is 0 Å². The Morgan fingerprint density at radius 2 is 2.00 bits per heavy atom. The molecule has 1 amide bonds. The Bertz CT molecular complexity index is 748. The minimum absolute atomic E-state index is 0.298. The van der Waals surface area contributed by atoms with Crippen LogP contribution in [0.3, 0.4) is 0 Å². The fourth-order valence-electron chi connectivity index (χ4n) is 1.96. The molecule has 0 aliphatic heterocycles. The van der Waals surface area contributed by atoms with Crippen LogP contribution in [0.1, 0.15) is 10.4 Å². The van der Waals surface area contributed by atoms with Gasteiger partial charge in [0.15, 0.2) is 0 Å². The van der Waals surface area contributed by atoms with E-state index in [0.29, 0.717) is 11.3 Å². The van der Waals surface area contributed by atoms with E-state index in [1.54, 1.807) is 6.07 Å². The number of aromatic nitrogens is 1. The van der Waals surface area contributed by atoms with Crippen LogP contribution < -0.4 is 5.32 Å². The number of H-pyrrole nitrogens is 1. The number of hydrogen-bond donors (Lipinski definition) is 2. The lowest BCUT2D eigenvalue weighted by Gasteiger charge is -2.05. The molecule has 0 atom stereocenters. The summed E-state index contributed by atoms with van der Waals surface area (Å²) in [6.45, 7) is 0. The minimum atomic E-state index is -0.424. The lowest BCUT2D eigenvalue weighted by atomic mass is 10.2. The second-order valence-corrected chi connectivity index (χ2v) is 4.24. The van der Waals surface area contributed by atoms with Crippen molar-refractivity contribution in [3.63, 3.8) is 0 Å². The number of rotatable bonds is 2. The molecule has 4 heteroatoms. The summed E-state index contributed by atoms with van der Waals surface area (Å²) in [5.41, 5.74) is 1.91. The van der Waals surface area contributed by atoms with E-state index in [1.165, 1.54) is 18.2 Å². The van der Waals surface area contributed by atoms with Crippen molar-refractivity contribution in [3.05, 3.63) is 66.1 Å². The highest BCUT2D eigenvalue weighted by Crippen LogP contribution is 2.18. The molecule has 1 aromatic heterocycles. The molecule has 0 bridgehead atoms. The zero-order valence-corrected chi connectivity index (χ0v) is 9.98. The number of halogens is 1. The molecule has 0 unspecified atom stereocenters. The number of hydrogen-bond acceptors (Lipinski definition) is 1. The molecule has 3 rings (SSSR count). The van der Waals surface area contributed by atoms with Crippen LogP contribution in [0.5, 0.6) is 0 Å². The summed E-state index contributed by atoms with van der Waals surface area (Å²) in [4.78, 5) is 15.0. The molecule has 0 saturated heterocycles. The summed E-state index contributed by atoms with van der Waals surface area (Å²) in [5, 5.41) is 3.81. The Morgan fingerprint density at radius 3 is 2.84 bits per heavy atom. The first-order valence-electron chi connectivity index (χ1n) is 5.86. The molecule has 0 radical (unpaired) electrons. The van der Waals surface area contributed by atoms with Gasteiger partial charge in [0, 0.05) is 23.0 Å². The Kier molecular flexibility index (Phi) is 2.76. The van der Waals surface area contributed by atoms with Crippen molar-refractivity contribution in [1.82, 2.24) is 4.98 Å². The van der Waals surface area contributed by atoms with Crippen LogP contribution >= 0.6 is 0 Å². The summed E-state index contributed by atoms with van der Waals surface area (Å²) >= 11 is 0. The van der Waals surface area contributed by atoms with Gasteiger partial charge in [-0.3, -0.25) is 4.79 Å². The molecule has 0 spiro atoms. The molecule has 94 valence electrons. The van der Waals surface area contributed by atoms with Crippen LogP contribution in [0.25, 0.3) is 10.9 Å². The molecule has 0 aliphatic rings. The lowest BCUT2D eigenvalue weighted by molar-refractivity contribution is 0.102. The molecule has 3 aromatic rings. The minimum Gasteiger partial charge on any atom is -0.361 e. The van der Waals surface area contributed by atoms with E-state index in [4.69, 9.17) is 0 Å². The first-order valence-corrected chi connectivity index (χ1v) is 5.86. The second-order valence-electron chi connectivity index (χ2n) is 4.24. The third-order valence-electron chi connectivity index (χ3n) is 2.90. The van der Waals surface area contributed by atoms with Crippen molar-refractivity contribution in [2.75, 3.05) is 5.32 Å². The van der Waals surface area contributed by atoms with Crippen LogP contribution in [0.2, 0.25) is 0 Å². The third kappa shape index (κ3) is 2.33. The molecule has 1 heterocycles. The van der Waals surface area contributed by atoms with Crippen LogP contribution in [0.4, 0.5) is 10.1 Å². The molecular formula is C15H11FN2O. The SMILES string of the molecule is O=C(Nc1ccc2cc[nH]c2c1)c1cccc(F)c1. The number of aromatic amines is 1. The number of amides is 1. The predicted molar refractivity (Wildman–Crippen MR) is 72.7 cm³/mol. The lowest BCUT2D eigenvalue weighted by Crippen LogP contribution is -2.11. The fraction of sp³-hybridized carbons (Fsp3) is 0. The Morgan fingerprint density at radius 1 is 1.11 bits per heavy atom. The first kappa shape index (κ1) is 11.5. The van der Waals surface area contributed by atoms with Gasteiger partial charge in [0.05, 0.1) is 0 Å². The highest BCUT2D eigenvalue weighted by atomic mass is 19.1. The average molecular weight is 254 g/mol. The maximum atomic E-state index is 13.0. The summed E-state index contributed by atoms with van der Waals surface area (Å²) < 4.78 is 13.0. The zero-order chi connectivity index (χ0) is 13.2. The number of fused-ring (bicyclic) bond motifs is 1. The smallest absolute Gasteiger partial charge is 0.255 e. The van der Waals surface area contributed by atoms with Gasteiger partial charge < -0.3 is 10.3 Å². The van der Waals surface area contributed by atoms with E-state index in [1.807, 2.05) is 30.5 Å². The molecule has 2 aromatic carbocycles. The van der Waals surface area contributed by atoms with Crippen molar-refractivity contribution < 1.29 is 9.18 Å². The van der Waals surface area contributed by atoms with Crippen LogP contribution in [0.15, 0.2) is 54.7 Å². The van der Waals surface area contributed by atoms with Crippen molar-refractivity contribution in [3.8, 4) is 0 Å². The van der Waals surface area contributed by atoms with E-state index < -0.39 is 5.82 Å². The number of carbonyl (C=O) groups is 1. The standard InChI is InChI=1S/C15H11FN2O/c16-12-3-1-2-11(8-12)15(19)18-13-5-4-10-6-7-17-14(10)9-13/h1-9,17H,(H,18,19). The van der Waals surface area contributed by atoms with Crippen molar-refractivity contribution in [1.29, 1.82) is 0 Å². The molecule has 2 N–H and O–H groups in total. The van der Waals surface area contributed by atoms with Gasteiger partial charge in [0.25, 0.3) is 5.91 Å². The zero-order valence-electron chi connectivity index (χ0n) is 9.98. The normalized spacial score (nSPS) is 10.6. The van der Waals surface area contributed by atoms with E-state index in [9.17, 15) is 9.18 Å². The third-order valence-corrected chi connectivity index (χ3v) is 2.90.